The smallest absolute Gasteiger partial charge is 0.409 e. The highest BCUT2D eigenvalue weighted by Crippen LogP contribution is 2.10. The summed E-state index contributed by atoms with van der Waals surface area (Å²) in [7, 11) is 0. The van der Waals surface area contributed by atoms with Crippen molar-refractivity contribution in [3.8, 4) is 0 Å². The molecule has 2 N–H and O–H groups in total. The molecule has 2 aromatic rings. The molecule has 142 valence electrons. The van der Waals surface area contributed by atoms with Crippen molar-refractivity contribution in [2.45, 2.75) is 32.0 Å². The fraction of sp³-hybridized carbons (Fsp3) is 0.300. The molecule has 2 aromatic carbocycles. The van der Waals surface area contributed by atoms with E-state index in [1.807, 2.05) is 48.5 Å². The van der Waals surface area contributed by atoms with Crippen molar-refractivity contribution in [2.24, 2.45) is 10.2 Å². The molecular formula is C20H23N3O4. The molecule has 0 aliphatic rings. The maximum absolute atomic E-state index is 11.9. The summed E-state index contributed by atoms with van der Waals surface area (Å²) in [6, 6.07) is 19.0. The van der Waals surface area contributed by atoms with Crippen molar-refractivity contribution >= 4 is 12.1 Å². The number of aliphatic carboxylic acids is 1. The molecule has 0 unspecified atom stereocenters. The number of carbonyl (C=O) groups excluding carboxylic acids is 1. The zero-order valence-electron chi connectivity index (χ0n) is 15.2. The van der Waals surface area contributed by atoms with Crippen LogP contribution in [0.3, 0.4) is 0 Å². The van der Waals surface area contributed by atoms with E-state index in [2.05, 4.69) is 15.5 Å². The molecule has 27 heavy (non-hydrogen) atoms. The number of rotatable bonds is 9. The molecule has 1 atom stereocenters. The summed E-state index contributed by atoms with van der Waals surface area (Å²) in [6.45, 7) is 1.66. The number of azo groups is 1. The number of nitrogens with zero attached hydrogens (tertiary/aromatic N) is 2. The number of carboxylic acids is 1. The normalized spacial score (nSPS) is 13.1. The van der Waals surface area contributed by atoms with E-state index >= 15 is 0 Å². The highest BCUT2D eigenvalue weighted by Gasteiger charge is 2.35. The number of hydrogen-bond acceptors (Lipinski definition) is 5. The fourth-order valence-electron chi connectivity index (χ4n) is 2.27. The predicted molar refractivity (Wildman–Crippen MR) is 100 cm³/mol. The number of aryl methyl sites for hydroxylation is 1. The van der Waals surface area contributed by atoms with Crippen molar-refractivity contribution in [3.05, 3.63) is 71.8 Å². The highest BCUT2D eigenvalue weighted by atomic mass is 16.5. The van der Waals surface area contributed by atoms with E-state index in [-0.39, 0.29) is 6.61 Å². The Morgan fingerprint density at radius 3 is 2.22 bits per heavy atom. The summed E-state index contributed by atoms with van der Waals surface area (Å²) in [6.07, 6.45) is 0.671. The van der Waals surface area contributed by atoms with E-state index in [0.717, 1.165) is 18.4 Å². The highest BCUT2D eigenvalue weighted by molar-refractivity contribution is 5.83. The van der Waals surface area contributed by atoms with Gasteiger partial charge in [-0.2, -0.15) is 10.2 Å². The van der Waals surface area contributed by atoms with Crippen molar-refractivity contribution in [1.29, 1.82) is 0 Å². The molecule has 7 nitrogen and oxygen atoms in total. The second kappa shape index (κ2) is 10.1. The van der Waals surface area contributed by atoms with Crippen LogP contribution in [0.25, 0.3) is 0 Å². The first-order valence-corrected chi connectivity index (χ1v) is 8.64. The molecule has 0 bridgehead atoms. The first-order valence-electron chi connectivity index (χ1n) is 8.64. The third-order valence-electron chi connectivity index (χ3n) is 3.81. The van der Waals surface area contributed by atoms with Gasteiger partial charge in [-0.15, -0.1) is 0 Å². The van der Waals surface area contributed by atoms with Crippen LogP contribution in [-0.4, -0.2) is 29.4 Å². The first-order chi connectivity index (χ1) is 13.0. The average molecular weight is 369 g/mol. The van der Waals surface area contributed by atoms with Gasteiger partial charge in [0.2, 0.25) is 5.66 Å². The zero-order valence-corrected chi connectivity index (χ0v) is 15.2. The molecule has 0 heterocycles. The standard InChI is InChI=1S/C20H23N3O4/c1-20(18(24)25,22-19(26)27-15-17-11-6-3-7-12-17)23-21-14-8-13-16-9-4-2-5-10-16/h2-7,9-12H,8,13-15H2,1H3,(H,22,26)(H,24,25)/t20-/m1/s1. The van der Waals surface area contributed by atoms with Gasteiger partial charge in [-0.25, -0.2) is 9.59 Å². The van der Waals surface area contributed by atoms with E-state index in [1.165, 1.54) is 12.5 Å². The molecule has 0 aliphatic carbocycles. The van der Waals surface area contributed by atoms with Crippen LogP contribution in [0.4, 0.5) is 4.79 Å². The van der Waals surface area contributed by atoms with Crippen molar-refractivity contribution in [3.63, 3.8) is 0 Å². The molecule has 0 saturated heterocycles. The molecule has 0 spiro atoms. The van der Waals surface area contributed by atoms with Crippen LogP contribution in [0.15, 0.2) is 70.9 Å². The van der Waals surface area contributed by atoms with Gasteiger partial charge in [0.1, 0.15) is 6.61 Å². The van der Waals surface area contributed by atoms with Crippen molar-refractivity contribution in [2.75, 3.05) is 6.54 Å². The van der Waals surface area contributed by atoms with Gasteiger partial charge >= 0.3 is 12.1 Å². The summed E-state index contributed by atoms with van der Waals surface area (Å²) in [5, 5.41) is 19.3. The second-order valence-electron chi connectivity index (χ2n) is 6.12. The van der Waals surface area contributed by atoms with Gasteiger partial charge in [-0.05, 0) is 30.9 Å². The Morgan fingerprint density at radius 2 is 1.63 bits per heavy atom. The van der Waals surface area contributed by atoms with Crippen LogP contribution in [0.5, 0.6) is 0 Å². The van der Waals surface area contributed by atoms with E-state index in [0.29, 0.717) is 6.54 Å². The average Bonchev–Trinajstić information content (AvgIpc) is 2.67. The van der Waals surface area contributed by atoms with Gasteiger partial charge in [0.05, 0.1) is 6.54 Å². The predicted octanol–water partition coefficient (Wildman–Crippen LogP) is 3.80. The molecule has 0 saturated carbocycles. The van der Waals surface area contributed by atoms with Crippen LogP contribution < -0.4 is 5.32 Å². The molecule has 0 aliphatic heterocycles. The monoisotopic (exact) mass is 369 g/mol. The minimum atomic E-state index is -1.87. The molecule has 2 rings (SSSR count). The lowest BCUT2D eigenvalue weighted by Crippen LogP contribution is -2.50. The maximum Gasteiger partial charge on any atom is 0.409 e. The lowest BCUT2D eigenvalue weighted by molar-refractivity contribution is -0.143. The Labute approximate surface area is 158 Å². The Balaban J connectivity index is 1.82. The second-order valence-corrected chi connectivity index (χ2v) is 6.12. The van der Waals surface area contributed by atoms with Gasteiger partial charge < -0.3 is 9.84 Å². The van der Waals surface area contributed by atoms with E-state index in [1.54, 1.807) is 12.1 Å². The minimum absolute atomic E-state index is 0.0383. The molecular weight excluding hydrogens is 346 g/mol. The molecule has 0 aromatic heterocycles. The summed E-state index contributed by atoms with van der Waals surface area (Å²) in [5.41, 5.74) is 0.101. The van der Waals surface area contributed by atoms with Crippen LogP contribution in [0.2, 0.25) is 0 Å². The molecule has 0 radical (unpaired) electrons. The molecule has 7 heteroatoms. The molecule has 0 fully saturated rings. The number of hydrogen-bond donors (Lipinski definition) is 2. The quantitative estimate of drug-likeness (QED) is 0.518. The van der Waals surface area contributed by atoms with Crippen LogP contribution in [-0.2, 0) is 22.6 Å². The van der Waals surface area contributed by atoms with Gasteiger partial charge in [-0.3, -0.25) is 5.32 Å². The number of alkyl carbamates (subject to hydrolysis) is 1. The zero-order chi connectivity index (χ0) is 19.5. The SMILES string of the molecule is C[C@](N=NCCCc1ccccc1)(NC(=O)OCc1ccccc1)C(=O)O. The van der Waals surface area contributed by atoms with Crippen molar-refractivity contribution in [1.82, 2.24) is 5.32 Å². The Hall–Kier alpha value is -3.22. The maximum atomic E-state index is 11.9. The van der Waals surface area contributed by atoms with Gasteiger partial charge in [0, 0.05) is 0 Å². The number of carbonyl (C=O) groups is 2. The largest absolute Gasteiger partial charge is 0.478 e. The number of amides is 1. The van der Waals surface area contributed by atoms with E-state index < -0.39 is 17.7 Å². The lowest BCUT2D eigenvalue weighted by atomic mass is 10.1. The number of nitrogens with one attached hydrogen (secondary N) is 1. The molecule has 1 amide bonds. The number of ether oxygens (including phenoxy) is 1. The summed E-state index contributed by atoms with van der Waals surface area (Å²) < 4.78 is 5.04. The Bertz CT molecular complexity index is 765. The Morgan fingerprint density at radius 1 is 1.04 bits per heavy atom. The van der Waals surface area contributed by atoms with E-state index in [4.69, 9.17) is 4.74 Å². The summed E-state index contributed by atoms with van der Waals surface area (Å²) in [4.78, 5) is 23.4. The van der Waals surface area contributed by atoms with E-state index in [9.17, 15) is 14.7 Å². The van der Waals surface area contributed by atoms with Crippen molar-refractivity contribution < 1.29 is 19.4 Å². The third-order valence-corrected chi connectivity index (χ3v) is 3.81. The van der Waals surface area contributed by atoms with Gasteiger partial charge in [0.15, 0.2) is 0 Å². The van der Waals surface area contributed by atoms with Gasteiger partial charge in [-0.1, -0.05) is 60.7 Å². The minimum Gasteiger partial charge on any atom is -0.478 e. The number of benzene rings is 2. The number of carboxylic acid groups (broad SMARTS) is 1. The van der Waals surface area contributed by atoms with Crippen LogP contribution >= 0.6 is 0 Å². The summed E-state index contributed by atoms with van der Waals surface area (Å²) >= 11 is 0. The Kier molecular flexibility index (Phi) is 7.49. The topological polar surface area (TPSA) is 100 Å². The third kappa shape index (κ3) is 6.89. The lowest BCUT2D eigenvalue weighted by Gasteiger charge is -2.20. The van der Waals surface area contributed by atoms with Crippen LogP contribution in [0.1, 0.15) is 24.5 Å². The van der Waals surface area contributed by atoms with Crippen LogP contribution in [0, 0.1) is 0 Å². The summed E-state index contributed by atoms with van der Waals surface area (Å²) in [5.74, 6) is -1.31. The van der Waals surface area contributed by atoms with Gasteiger partial charge in [0.25, 0.3) is 0 Å². The fourth-order valence-corrected chi connectivity index (χ4v) is 2.27. The first kappa shape index (κ1) is 20.1.